The van der Waals surface area contributed by atoms with E-state index in [2.05, 4.69) is 0 Å². The Morgan fingerprint density at radius 1 is 1.71 bits per heavy atom. The molecule has 0 aromatic rings. The molecule has 0 saturated heterocycles. The van der Waals surface area contributed by atoms with E-state index in [0.29, 0.717) is 6.42 Å². The lowest BCUT2D eigenvalue weighted by atomic mass is 10.2. The molecule has 0 aliphatic rings. The fourth-order valence-electron chi connectivity index (χ4n) is 0.410. The maximum absolute atomic E-state index is 11.3. The second-order valence-electron chi connectivity index (χ2n) is 1.60. The molecule has 0 aliphatic heterocycles. The molecule has 0 radical (unpaired) electrons. The Hall–Kier alpha value is -0.110. The van der Waals surface area contributed by atoms with Gasteiger partial charge in [0, 0.05) is 0 Å². The first-order chi connectivity index (χ1) is 3.31. The van der Waals surface area contributed by atoms with Crippen molar-refractivity contribution in [2.45, 2.75) is 25.9 Å². The van der Waals surface area contributed by atoms with Crippen molar-refractivity contribution in [3.8, 4) is 0 Å². The van der Waals surface area contributed by atoms with E-state index in [1.807, 2.05) is 6.92 Å². The van der Waals surface area contributed by atoms with Crippen molar-refractivity contribution < 1.29 is 9.50 Å². The summed E-state index contributed by atoms with van der Waals surface area (Å²) in [6.07, 6.45) is 0.715. The van der Waals surface area contributed by atoms with Gasteiger partial charge >= 0.3 is 0 Å². The molecule has 0 rings (SSSR count). The highest BCUT2D eigenvalue weighted by molar-refractivity contribution is 4.48. The Balaban J connectivity index is 2.83. The van der Waals surface area contributed by atoms with Crippen molar-refractivity contribution in [1.29, 1.82) is 0 Å². The number of aliphatic hydroxyl groups excluding tert-OH is 1. The summed E-state index contributed by atoms with van der Waals surface area (Å²) in [6, 6.07) is 0. The highest BCUT2D eigenvalue weighted by Crippen LogP contribution is 1.94. The molecular formula is C5H11FO. The summed E-state index contributed by atoms with van der Waals surface area (Å²) in [7, 11) is 0. The van der Waals surface area contributed by atoms with Crippen LogP contribution in [-0.4, -0.2) is 17.9 Å². The second-order valence-corrected chi connectivity index (χ2v) is 1.60. The van der Waals surface area contributed by atoms with Crippen molar-refractivity contribution in [3.63, 3.8) is 0 Å². The molecule has 0 spiro atoms. The first-order valence-corrected chi connectivity index (χ1v) is 2.55. The number of hydrogen-bond donors (Lipinski definition) is 1. The van der Waals surface area contributed by atoms with Gasteiger partial charge in [-0.15, -0.1) is 0 Å². The lowest BCUT2D eigenvalue weighted by Gasteiger charge is -1.99. The number of hydrogen-bond acceptors (Lipinski definition) is 1. The molecule has 1 N–H and O–H groups in total. The van der Waals surface area contributed by atoms with Gasteiger partial charge in [0.15, 0.2) is 0 Å². The summed E-state index contributed by atoms with van der Waals surface area (Å²) in [5, 5.41) is 8.48. The molecule has 1 unspecified atom stereocenters. The Bertz CT molecular complexity index is 39.1. The average molecular weight is 106 g/mol. The second kappa shape index (κ2) is 4.06. The van der Waals surface area contributed by atoms with Crippen LogP contribution < -0.4 is 0 Å². The van der Waals surface area contributed by atoms with Crippen molar-refractivity contribution in [2.75, 3.05) is 6.67 Å². The highest BCUT2D eigenvalue weighted by atomic mass is 19.1. The van der Waals surface area contributed by atoms with Gasteiger partial charge in [-0.2, -0.15) is 0 Å². The quantitative estimate of drug-likeness (QED) is 0.571. The normalized spacial score (nSPS) is 14.1. The van der Waals surface area contributed by atoms with Crippen LogP contribution in [0.1, 0.15) is 19.8 Å². The van der Waals surface area contributed by atoms with Crippen LogP contribution in [0.3, 0.4) is 0 Å². The minimum absolute atomic E-state index is 0.580. The van der Waals surface area contributed by atoms with Gasteiger partial charge in [-0.3, -0.25) is 0 Å². The van der Waals surface area contributed by atoms with Gasteiger partial charge in [0.05, 0.1) is 6.10 Å². The zero-order chi connectivity index (χ0) is 5.70. The largest absolute Gasteiger partial charge is 0.390 e. The van der Waals surface area contributed by atoms with Gasteiger partial charge in [0.25, 0.3) is 0 Å². The van der Waals surface area contributed by atoms with Crippen LogP contribution in [0.5, 0.6) is 0 Å². The summed E-state index contributed by atoms with van der Waals surface area (Å²) in [4.78, 5) is 0. The van der Waals surface area contributed by atoms with E-state index in [4.69, 9.17) is 5.11 Å². The van der Waals surface area contributed by atoms with E-state index in [-0.39, 0.29) is 0 Å². The third-order valence-corrected chi connectivity index (χ3v) is 0.800. The summed E-state index contributed by atoms with van der Waals surface area (Å²) in [6.45, 7) is 1.31. The third kappa shape index (κ3) is 3.73. The highest BCUT2D eigenvalue weighted by Gasteiger charge is 1.97. The standard InChI is InChI=1S/C5H11FO/c1-2-3-5(7)4-6/h5,7H,2-4H2,1H3. The summed E-state index contributed by atoms with van der Waals surface area (Å²) >= 11 is 0. The first kappa shape index (κ1) is 6.89. The molecule has 1 nitrogen and oxygen atoms in total. The molecule has 2 heteroatoms. The predicted molar refractivity (Wildman–Crippen MR) is 26.9 cm³/mol. The average Bonchev–Trinajstić information content (AvgIpc) is 1.68. The smallest absolute Gasteiger partial charge is 0.115 e. The number of aliphatic hydroxyl groups is 1. The van der Waals surface area contributed by atoms with E-state index in [1.54, 1.807) is 0 Å². The number of halogens is 1. The summed E-state index contributed by atoms with van der Waals surface area (Å²) in [5.74, 6) is 0. The first-order valence-electron chi connectivity index (χ1n) is 2.55. The van der Waals surface area contributed by atoms with Crippen LogP contribution in [0.15, 0.2) is 0 Å². The molecule has 0 saturated carbocycles. The molecule has 7 heavy (non-hydrogen) atoms. The molecule has 0 fully saturated rings. The molecule has 0 bridgehead atoms. The van der Waals surface area contributed by atoms with Crippen LogP contribution in [0.25, 0.3) is 0 Å². The van der Waals surface area contributed by atoms with E-state index >= 15 is 0 Å². The maximum Gasteiger partial charge on any atom is 0.115 e. The minimum atomic E-state index is -0.718. The SMILES string of the molecule is CCCC(O)CF. The predicted octanol–water partition coefficient (Wildman–Crippen LogP) is 1.12. The van der Waals surface area contributed by atoms with Gasteiger partial charge in [0.1, 0.15) is 6.67 Å². The van der Waals surface area contributed by atoms with Crippen LogP contribution in [0.2, 0.25) is 0 Å². The number of rotatable bonds is 3. The van der Waals surface area contributed by atoms with E-state index in [9.17, 15) is 4.39 Å². The monoisotopic (exact) mass is 106 g/mol. The Labute approximate surface area is 43.2 Å². The fourth-order valence-corrected chi connectivity index (χ4v) is 0.410. The van der Waals surface area contributed by atoms with Crippen LogP contribution in [0.4, 0.5) is 4.39 Å². The molecule has 0 aliphatic carbocycles. The van der Waals surface area contributed by atoms with Gasteiger partial charge < -0.3 is 5.11 Å². The Morgan fingerprint density at radius 2 is 2.29 bits per heavy atom. The topological polar surface area (TPSA) is 20.2 Å². The zero-order valence-corrected chi connectivity index (χ0v) is 4.52. The van der Waals surface area contributed by atoms with Gasteiger partial charge in [-0.25, -0.2) is 4.39 Å². The summed E-state index contributed by atoms with van der Waals surface area (Å²) in [5.41, 5.74) is 0. The lowest BCUT2D eigenvalue weighted by Crippen LogP contribution is -2.06. The molecule has 0 amide bonds. The Morgan fingerprint density at radius 3 is 2.43 bits per heavy atom. The summed E-state index contributed by atoms with van der Waals surface area (Å²) < 4.78 is 11.3. The third-order valence-electron chi connectivity index (χ3n) is 0.800. The zero-order valence-electron chi connectivity index (χ0n) is 4.52. The van der Waals surface area contributed by atoms with E-state index in [1.165, 1.54) is 0 Å². The van der Waals surface area contributed by atoms with Crippen molar-refractivity contribution in [3.05, 3.63) is 0 Å². The molecule has 0 aromatic carbocycles. The van der Waals surface area contributed by atoms with Gasteiger partial charge in [-0.05, 0) is 6.42 Å². The molecular weight excluding hydrogens is 95.1 g/mol. The van der Waals surface area contributed by atoms with E-state index < -0.39 is 12.8 Å². The lowest BCUT2D eigenvalue weighted by molar-refractivity contribution is 0.130. The van der Waals surface area contributed by atoms with Crippen LogP contribution in [0, 0.1) is 0 Å². The molecule has 0 aromatic heterocycles. The minimum Gasteiger partial charge on any atom is -0.390 e. The van der Waals surface area contributed by atoms with Crippen LogP contribution >= 0.6 is 0 Å². The molecule has 1 atom stereocenters. The fraction of sp³-hybridized carbons (Fsp3) is 1.00. The number of alkyl halides is 1. The van der Waals surface area contributed by atoms with Crippen molar-refractivity contribution >= 4 is 0 Å². The maximum atomic E-state index is 11.3. The van der Waals surface area contributed by atoms with E-state index in [0.717, 1.165) is 6.42 Å². The molecule has 44 valence electrons. The Kier molecular flexibility index (Phi) is 4.00. The van der Waals surface area contributed by atoms with Crippen molar-refractivity contribution in [1.82, 2.24) is 0 Å². The van der Waals surface area contributed by atoms with Crippen LogP contribution in [-0.2, 0) is 0 Å². The van der Waals surface area contributed by atoms with Crippen molar-refractivity contribution in [2.24, 2.45) is 0 Å². The van der Waals surface area contributed by atoms with Gasteiger partial charge in [0.2, 0.25) is 0 Å². The van der Waals surface area contributed by atoms with Gasteiger partial charge in [-0.1, -0.05) is 13.3 Å². The molecule has 0 heterocycles.